The van der Waals surface area contributed by atoms with Crippen molar-refractivity contribution in [1.82, 2.24) is 10.3 Å². The molecule has 0 spiro atoms. The van der Waals surface area contributed by atoms with E-state index in [-0.39, 0.29) is 5.82 Å². The summed E-state index contributed by atoms with van der Waals surface area (Å²) in [5.41, 5.74) is 2.89. The van der Waals surface area contributed by atoms with Crippen LogP contribution in [0.4, 0.5) is 4.39 Å². The summed E-state index contributed by atoms with van der Waals surface area (Å²) >= 11 is 0. The van der Waals surface area contributed by atoms with E-state index in [1.807, 2.05) is 27.0 Å². The van der Waals surface area contributed by atoms with E-state index >= 15 is 0 Å². The van der Waals surface area contributed by atoms with Crippen LogP contribution in [0.2, 0.25) is 0 Å². The number of ether oxygens (including phenoxy) is 1. The van der Waals surface area contributed by atoms with Crippen LogP contribution in [0.25, 0.3) is 0 Å². The molecule has 100 valence electrons. The first-order valence-corrected chi connectivity index (χ1v) is 6.14. The molecule has 0 amide bonds. The largest absolute Gasteiger partial charge is 0.438 e. The zero-order valence-electron chi connectivity index (χ0n) is 11.3. The molecular weight excluding hydrogens is 243 g/mol. The average Bonchev–Trinajstić information content (AvgIpc) is 2.37. The lowest BCUT2D eigenvalue weighted by molar-refractivity contribution is 0.450. The van der Waals surface area contributed by atoms with E-state index in [1.54, 1.807) is 12.3 Å². The number of aryl methyl sites for hydroxylation is 2. The van der Waals surface area contributed by atoms with E-state index in [0.29, 0.717) is 11.6 Å². The predicted molar refractivity (Wildman–Crippen MR) is 72.9 cm³/mol. The third-order valence-electron chi connectivity index (χ3n) is 2.82. The van der Waals surface area contributed by atoms with Crippen molar-refractivity contribution in [1.29, 1.82) is 0 Å². The van der Waals surface area contributed by atoms with Gasteiger partial charge in [0.2, 0.25) is 5.88 Å². The van der Waals surface area contributed by atoms with Gasteiger partial charge in [-0.15, -0.1) is 0 Å². The number of aromatic nitrogens is 1. The Morgan fingerprint density at radius 3 is 2.68 bits per heavy atom. The second-order valence-corrected chi connectivity index (χ2v) is 4.51. The Hall–Kier alpha value is -1.94. The fraction of sp³-hybridized carbons (Fsp3) is 0.267. The van der Waals surface area contributed by atoms with E-state index in [9.17, 15) is 4.39 Å². The standard InChI is InChI=1S/C15H17FN2O/c1-10-4-5-13(16)7-14(10)19-15-11(2)6-12(8-17-3)9-18-15/h4-7,9,17H,8H2,1-3H3. The molecule has 0 radical (unpaired) electrons. The molecule has 2 aromatic rings. The number of rotatable bonds is 4. The molecule has 0 saturated heterocycles. The SMILES string of the molecule is CNCc1cnc(Oc2cc(F)ccc2C)c(C)c1. The van der Waals surface area contributed by atoms with Crippen LogP contribution in [0.3, 0.4) is 0 Å². The smallest absolute Gasteiger partial charge is 0.222 e. The quantitative estimate of drug-likeness (QED) is 0.915. The summed E-state index contributed by atoms with van der Waals surface area (Å²) in [5.74, 6) is 0.690. The van der Waals surface area contributed by atoms with Crippen molar-refractivity contribution in [3.63, 3.8) is 0 Å². The molecule has 1 aromatic carbocycles. The van der Waals surface area contributed by atoms with Crippen LogP contribution in [0.15, 0.2) is 30.5 Å². The van der Waals surface area contributed by atoms with Crippen LogP contribution < -0.4 is 10.1 Å². The minimum atomic E-state index is -0.315. The Labute approximate surface area is 112 Å². The lowest BCUT2D eigenvalue weighted by Gasteiger charge is -2.11. The van der Waals surface area contributed by atoms with Crippen molar-refractivity contribution in [2.45, 2.75) is 20.4 Å². The first-order chi connectivity index (χ1) is 9.10. The monoisotopic (exact) mass is 260 g/mol. The van der Waals surface area contributed by atoms with Gasteiger partial charge in [-0.3, -0.25) is 0 Å². The molecule has 4 heteroatoms. The van der Waals surface area contributed by atoms with Crippen LogP contribution >= 0.6 is 0 Å². The number of hydrogen-bond acceptors (Lipinski definition) is 3. The number of hydrogen-bond donors (Lipinski definition) is 1. The topological polar surface area (TPSA) is 34.2 Å². The molecule has 0 aliphatic heterocycles. The maximum absolute atomic E-state index is 13.2. The molecule has 0 fully saturated rings. The van der Waals surface area contributed by atoms with Crippen LogP contribution in [0, 0.1) is 19.7 Å². The number of benzene rings is 1. The Kier molecular flexibility index (Phi) is 4.12. The average molecular weight is 260 g/mol. The maximum Gasteiger partial charge on any atom is 0.222 e. The van der Waals surface area contributed by atoms with Crippen LogP contribution in [0.1, 0.15) is 16.7 Å². The van der Waals surface area contributed by atoms with Crippen LogP contribution in [0.5, 0.6) is 11.6 Å². The van der Waals surface area contributed by atoms with Gasteiger partial charge in [0.25, 0.3) is 0 Å². The highest BCUT2D eigenvalue weighted by Crippen LogP contribution is 2.26. The highest BCUT2D eigenvalue weighted by atomic mass is 19.1. The molecule has 0 bridgehead atoms. The summed E-state index contributed by atoms with van der Waals surface area (Å²) < 4.78 is 18.9. The van der Waals surface area contributed by atoms with Gasteiger partial charge in [0, 0.05) is 24.4 Å². The molecule has 1 heterocycles. The summed E-state index contributed by atoms with van der Waals surface area (Å²) in [6.45, 7) is 4.56. The minimum Gasteiger partial charge on any atom is -0.438 e. The Bertz CT molecular complexity index is 584. The third-order valence-corrected chi connectivity index (χ3v) is 2.82. The summed E-state index contributed by atoms with van der Waals surface area (Å²) in [4.78, 5) is 4.28. The van der Waals surface area contributed by atoms with Gasteiger partial charge >= 0.3 is 0 Å². The second-order valence-electron chi connectivity index (χ2n) is 4.51. The van der Waals surface area contributed by atoms with E-state index in [4.69, 9.17) is 4.74 Å². The number of pyridine rings is 1. The van der Waals surface area contributed by atoms with Gasteiger partial charge < -0.3 is 10.1 Å². The second kappa shape index (κ2) is 5.80. The van der Waals surface area contributed by atoms with Gasteiger partial charge in [0.1, 0.15) is 11.6 Å². The molecule has 0 atom stereocenters. The fourth-order valence-corrected chi connectivity index (χ4v) is 1.82. The fourth-order valence-electron chi connectivity index (χ4n) is 1.82. The van der Waals surface area contributed by atoms with Crippen molar-refractivity contribution in [3.05, 3.63) is 53.0 Å². The molecule has 19 heavy (non-hydrogen) atoms. The van der Waals surface area contributed by atoms with E-state index < -0.39 is 0 Å². The predicted octanol–water partition coefficient (Wildman–Crippen LogP) is 3.35. The first-order valence-electron chi connectivity index (χ1n) is 6.14. The Morgan fingerprint density at radius 2 is 2.00 bits per heavy atom. The van der Waals surface area contributed by atoms with Crippen molar-refractivity contribution < 1.29 is 9.13 Å². The van der Waals surface area contributed by atoms with Crippen LogP contribution in [-0.4, -0.2) is 12.0 Å². The van der Waals surface area contributed by atoms with Gasteiger partial charge in [-0.05, 0) is 44.2 Å². The van der Waals surface area contributed by atoms with E-state index in [0.717, 1.165) is 23.2 Å². The minimum absolute atomic E-state index is 0.315. The summed E-state index contributed by atoms with van der Waals surface area (Å²) in [7, 11) is 1.88. The highest BCUT2D eigenvalue weighted by molar-refractivity contribution is 5.38. The summed E-state index contributed by atoms with van der Waals surface area (Å²) in [5, 5.41) is 3.07. The first kappa shape index (κ1) is 13.5. The van der Waals surface area contributed by atoms with Crippen molar-refractivity contribution in [2.75, 3.05) is 7.05 Å². The van der Waals surface area contributed by atoms with Crippen molar-refractivity contribution in [3.8, 4) is 11.6 Å². The Morgan fingerprint density at radius 1 is 1.21 bits per heavy atom. The molecule has 0 saturated carbocycles. The number of nitrogens with zero attached hydrogens (tertiary/aromatic N) is 1. The van der Waals surface area contributed by atoms with E-state index in [1.165, 1.54) is 12.1 Å². The van der Waals surface area contributed by atoms with Gasteiger partial charge in [0.15, 0.2) is 0 Å². The normalized spacial score (nSPS) is 10.5. The van der Waals surface area contributed by atoms with Gasteiger partial charge in [0.05, 0.1) is 0 Å². The summed E-state index contributed by atoms with van der Waals surface area (Å²) in [6, 6.07) is 6.49. The van der Waals surface area contributed by atoms with Gasteiger partial charge in [-0.25, -0.2) is 9.37 Å². The molecule has 3 nitrogen and oxygen atoms in total. The molecule has 1 aromatic heterocycles. The van der Waals surface area contributed by atoms with Crippen molar-refractivity contribution >= 4 is 0 Å². The third kappa shape index (κ3) is 3.29. The zero-order valence-corrected chi connectivity index (χ0v) is 11.3. The molecule has 2 rings (SSSR count). The molecule has 0 aliphatic carbocycles. The Balaban J connectivity index is 2.25. The number of nitrogens with one attached hydrogen (secondary N) is 1. The molecule has 0 unspecified atom stereocenters. The zero-order chi connectivity index (χ0) is 13.8. The maximum atomic E-state index is 13.2. The lowest BCUT2D eigenvalue weighted by Crippen LogP contribution is -2.06. The number of halogens is 1. The highest BCUT2D eigenvalue weighted by Gasteiger charge is 2.07. The van der Waals surface area contributed by atoms with Gasteiger partial charge in [-0.1, -0.05) is 6.07 Å². The lowest BCUT2D eigenvalue weighted by atomic mass is 10.2. The summed E-state index contributed by atoms with van der Waals surface area (Å²) in [6.07, 6.45) is 1.76. The molecule has 0 aliphatic rings. The van der Waals surface area contributed by atoms with E-state index in [2.05, 4.69) is 10.3 Å². The molecular formula is C15H17FN2O. The van der Waals surface area contributed by atoms with Crippen LogP contribution in [-0.2, 0) is 6.54 Å². The van der Waals surface area contributed by atoms with Crippen molar-refractivity contribution in [2.24, 2.45) is 0 Å². The molecule has 1 N–H and O–H groups in total. The van der Waals surface area contributed by atoms with Gasteiger partial charge in [-0.2, -0.15) is 0 Å².